The lowest BCUT2D eigenvalue weighted by Crippen LogP contribution is -2.28. The summed E-state index contributed by atoms with van der Waals surface area (Å²) < 4.78 is 7.13. The second-order valence-corrected chi connectivity index (χ2v) is 6.90. The van der Waals surface area contributed by atoms with E-state index < -0.39 is 5.91 Å². The topological polar surface area (TPSA) is 97.6 Å². The van der Waals surface area contributed by atoms with Crippen LogP contribution in [-0.4, -0.2) is 33.0 Å². The van der Waals surface area contributed by atoms with Crippen molar-refractivity contribution in [3.05, 3.63) is 90.1 Å². The molecule has 2 aromatic heterocycles. The Morgan fingerprint density at radius 2 is 1.71 bits per heavy atom. The number of rotatable bonds is 7. The first-order chi connectivity index (χ1) is 15.1. The zero-order valence-electron chi connectivity index (χ0n) is 16.9. The van der Waals surface area contributed by atoms with Crippen LogP contribution in [0.4, 0.5) is 5.69 Å². The number of carbonyl (C=O) groups is 2. The predicted octanol–water partition coefficient (Wildman–Crippen LogP) is 3.24. The normalized spacial score (nSPS) is 11.6. The van der Waals surface area contributed by atoms with Crippen molar-refractivity contribution >= 4 is 23.1 Å². The van der Waals surface area contributed by atoms with Crippen LogP contribution in [0.3, 0.4) is 0 Å². The number of ether oxygens (including phenoxy) is 1. The number of fused-ring (bicyclic) bond motifs is 1. The Kier molecular flexibility index (Phi) is 5.89. The van der Waals surface area contributed by atoms with Gasteiger partial charge in [0.05, 0.1) is 17.3 Å². The molecule has 8 nitrogen and oxygen atoms in total. The highest BCUT2D eigenvalue weighted by atomic mass is 16.5. The summed E-state index contributed by atoms with van der Waals surface area (Å²) in [4.78, 5) is 25.2. The second kappa shape index (κ2) is 9.08. The van der Waals surface area contributed by atoms with Crippen LogP contribution in [0, 0.1) is 0 Å². The molecule has 2 heterocycles. The van der Waals surface area contributed by atoms with Gasteiger partial charge in [0.25, 0.3) is 11.8 Å². The fourth-order valence-corrected chi connectivity index (χ4v) is 3.12. The largest absolute Gasteiger partial charge is 0.453 e. The summed E-state index contributed by atoms with van der Waals surface area (Å²) in [5.74, 6) is -0.694. The molecule has 0 spiro atoms. The third-order valence-corrected chi connectivity index (χ3v) is 4.71. The Morgan fingerprint density at radius 3 is 2.55 bits per heavy atom. The fourth-order valence-electron chi connectivity index (χ4n) is 3.12. The van der Waals surface area contributed by atoms with E-state index in [1.165, 1.54) is 0 Å². The molecule has 8 heteroatoms. The number of hydrogen-bond acceptors (Lipinski definition) is 5. The molecule has 31 heavy (non-hydrogen) atoms. The van der Waals surface area contributed by atoms with Gasteiger partial charge in [-0.05, 0) is 36.8 Å². The minimum atomic E-state index is -0.413. The number of pyridine rings is 1. The lowest BCUT2D eigenvalue weighted by molar-refractivity contribution is -0.118. The average Bonchev–Trinajstić information content (AvgIpc) is 3.22. The number of nitrogens with one attached hydrogen (secondary N) is 2. The molecule has 0 bridgehead atoms. The van der Waals surface area contributed by atoms with Crippen LogP contribution < -0.4 is 15.4 Å². The van der Waals surface area contributed by atoms with Crippen molar-refractivity contribution in [1.82, 2.24) is 19.9 Å². The van der Waals surface area contributed by atoms with Crippen LogP contribution in [0.25, 0.3) is 5.65 Å². The number of aromatic nitrogens is 3. The number of hydrogen-bond donors (Lipinski definition) is 2. The van der Waals surface area contributed by atoms with Crippen LogP contribution >= 0.6 is 0 Å². The minimum Gasteiger partial charge on any atom is -0.453 e. The maximum absolute atomic E-state index is 12.8. The molecular formula is C23H21N5O3. The average molecular weight is 415 g/mol. The van der Waals surface area contributed by atoms with Crippen molar-refractivity contribution in [2.45, 2.75) is 13.0 Å². The number of amides is 2. The third-order valence-electron chi connectivity index (χ3n) is 4.71. The van der Waals surface area contributed by atoms with Gasteiger partial charge in [-0.1, -0.05) is 53.6 Å². The number of benzene rings is 2. The smallest absolute Gasteiger partial charge is 0.322 e. The third kappa shape index (κ3) is 4.69. The molecule has 1 atom stereocenters. The summed E-state index contributed by atoms with van der Waals surface area (Å²) in [6.45, 7) is 1.64. The molecule has 0 aliphatic heterocycles. The molecule has 0 radical (unpaired) electrons. The van der Waals surface area contributed by atoms with E-state index in [-0.39, 0.29) is 24.6 Å². The molecule has 0 aliphatic rings. The van der Waals surface area contributed by atoms with E-state index in [1.807, 2.05) is 49.4 Å². The van der Waals surface area contributed by atoms with E-state index in [1.54, 1.807) is 40.9 Å². The molecule has 0 unspecified atom stereocenters. The van der Waals surface area contributed by atoms with E-state index in [0.29, 0.717) is 16.9 Å². The Hall–Kier alpha value is -4.20. The van der Waals surface area contributed by atoms with Crippen molar-refractivity contribution < 1.29 is 14.3 Å². The number of nitrogens with zero attached hydrogens (tertiary/aromatic N) is 3. The second-order valence-electron chi connectivity index (χ2n) is 6.90. The first-order valence-electron chi connectivity index (χ1n) is 9.79. The van der Waals surface area contributed by atoms with Crippen molar-refractivity contribution in [2.24, 2.45) is 0 Å². The number of carbonyl (C=O) groups excluding carboxylic acids is 2. The Balaban J connectivity index is 1.40. The van der Waals surface area contributed by atoms with Gasteiger partial charge in [-0.25, -0.2) is 0 Å². The van der Waals surface area contributed by atoms with Crippen molar-refractivity contribution in [2.75, 3.05) is 11.9 Å². The van der Waals surface area contributed by atoms with E-state index in [4.69, 9.17) is 4.74 Å². The molecule has 0 saturated heterocycles. The number of anilines is 1. The summed E-state index contributed by atoms with van der Waals surface area (Å²) in [6, 6.07) is 22.0. The molecular weight excluding hydrogens is 394 g/mol. The molecule has 0 aliphatic carbocycles. The highest BCUT2D eigenvalue weighted by Crippen LogP contribution is 2.18. The first kappa shape index (κ1) is 20.1. The van der Waals surface area contributed by atoms with Gasteiger partial charge in [0.1, 0.15) is 0 Å². The minimum absolute atomic E-state index is 0.179. The molecule has 156 valence electrons. The van der Waals surface area contributed by atoms with Crippen molar-refractivity contribution in [3.63, 3.8) is 0 Å². The van der Waals surface area contributed by atoms with Crippen LogP contribution in [0.2, 0.25) is 0 Å². The van der Waals surface area contributed by atoms with Gasteiger partial charge < -0.3 is 15.4 Å². The van der Waals surface area contributed by atoms with E-state index in [9.17, 15) is 9.59 Å². The van der Waals surface area contributed by atoms with Gasteiger partial charge in [0.2, 0.25) is 0 Å². The molecule has 4 rings (SSSR count). The quantitative estimate of drug-likeness (QED) is 0.483. The maximum Gasteiger partial charge on any atom is 0.322 e. The molecule has 4 aromatic rings. The van der Waals surface area contributed by atoms with Crippen molar-refractivity contribution in [1.29, 1.82) is 0 Å². The van der Waals surface area contributed by atoms with Gasteiger partial charge in [-0.3, -0.25) is 14.0 Å². The summed E-state index contributed by atoms with van der Waals surface area (Å²) in [6.07, 6.45) is 1.75. The highest BCUT2D eigenvalue weighted by molar-refractivity contribution is 6.04. The van der Waals surface area contributed by atoms with Crippen LogP contribution in [-0.2, 0) is 4.79 Å². The summed E-state index contributed by atoms with van der Waals surface area (Å²) >= 11 is 0. The monoisotopic (exact) mass is 415 g/mol. The lowest BCUT2D eigenvalue weighted by atomic mass is 10.1. The summed E-state index contributed by atoms with van der Waals surface area (Å²) in [5.41, 5.74) is 2.38. The van der Waals surface area contributed by atoms with Crippen LogP contribution in [0.15, 0.2) is 79.0 Å². The molecule has 2 aromatic carbocycles. The zero-order valence-corrected chi connectivity index (χ0v) is 16.9. The fraction of sp³-hybridized carbons (Fsp3) is 0.130. The molecule has 2 N–H and O–H groups in total. The summed E-state index contributed by atoms with van der Waals surface area (Å²) in [5, 5.41) is 13.6. The zero-order chi connectivity index (χ0) is 21.6. The number of para-hydroxylation sites is 1. The predicted molar refractivity (Wildman–Crippen MR) is 116 cm³/mol. The Morgan fingerprint density at radius 1 is 0.968 bits per heavy atom. The van der Waals surface area contributed by atoms with E-state index in [0.717, 1.165) is 5.56 Å². The SMILES string of the molecule is C[C@@H](NC(=O)c1ccccc1NC(=O)COc1nnc2ccccn12)c1ccccc1. The van der Waals surface area contributed by atoms with Gasteiger partial charge in [0.15, 0.2) is 12.3 Å². The highest BCUT2D eigenvalue weighted by Gasteiger charge is 2.16. The van der Waals surface area contributed by atoms with E-state index in [2.05, 4.69) is 20.8 Å². The van der Waals surface area contributed by atoms with Crippen molar-refractivity contribution in [3.8, 4) is 6.01 Å². The van der Waals surface area contributed by atoms with Gasteiger partial charge in [-0.2, -0.15) is 0 Å². The molecule has 2 amide bonds. The summed E-state index contributed by atoms with van der Waals surface area (Å²) in [7, 11) is 0. The maximum atomic E-state index is 12.8. The molecule has 0 saturated carbocycles. The Labute approximate surface area is 178 Å². The lowest BCUT2D eigenvalue weighted by Gasteiger charge is -2.16. The van der Waals surface area contributed by atoms with Crippen LogP contribution in [0.1, 0.15) is 28.9 Å². The molecule has 0 fully saturated rings. The van der Waals surface area contributed by atoms with Gasteiger partial charge in [0, 0.05) is 6.20 Å². The van der Waals surface area contributed by atoms with Gasteiger partial charge in [-0.15, -0.1) is 5.10 Å². The Bertz CT molecular complexity index is 1210. The van der Waals surface area contributed by atoms with Crippen LogP contribution in [0.5, 0.6) is 6.01 Å². The van der Waals surface area contributed by atoms with E-state index >= 15 is 0 Å². The van der Waals surface area contributed by atoms with Gasteiger partial charge >= 0.3 is 6.01 Å². The first-order valence-corrected chi connectivity index (χ1v) is 9.79. The standard InChI is InChI=1S/C23H21N5O3/c1-16(17-9-3-2-4-10-17)24-22(30)18-11-5-6-12-19(18)25-21(29)15-31-23-27-26-20-13-7-8-14-28(20)23/h2-14,16H,15H2,1H3,(H,24,30)(H,25,29)/t16-/m1/s1.